The highest BCUT2D eigenvalue weighted by Gasteiger charge is 2.37. The zero-order valence-electron chi connectivity index (χ0n) is 19.4. The summed E-state index contributed by atoms with van der Waals surface area (Å²) in [6, 6.07) is 12.0. The Hall–Kier alpha value is -3.94. The van der Waals surface area contributed by atoms with Crippen LogP contribution in [0, 0.1) is 23.0 Å². The van der Waals surface area contributed by atoms with E-state index in [1.807, 2.05) is 11.0 Å². The first kappa shape index (κ1) is 25.2. The second-order valence-corrected chi connectivity index (χ2v) is 8.73. The average molecular weight is 494 g/mol. The van der Waals surface area contributed by atoms with Crippen molar-refractivity contribution in [1.82, 2.24) is 19.7 Å². The Labute approximate surface area is 207 Å². The summed E-state index contributed by atoms with van der Waals surface area (Å²) in [5.41, 5.74) is -0.392. The van der Waals surface area contributed by atoms with Crippen molar-refractivity contribution in [1.29, 1.82) is 5.26 Å². The van der Waals surface area contributed by atoms with E-state index in [1.54, 1.807) is 30.3 Å². The highest BCUT2D eigenvalue weighted by atomic mass is 19.1. The normalized spacial score (nSPS) is 16.5. The maximum Gasteiger partial charge on any atom is 0.331 e. The summed E-state index contributed by atoms with van der Waals surface area (Å²) in [7, 11) is 0. The minimum atomic E-state index is -1.68. The minimum absolute atomic E-state index is 0.0270. The maximum atomic E-state index is 14.6. The van der Waals surface area contributed by atoms with Gasteiger partial charge in [-0.05, 0) is 42.7 Å². The van der Waals surface area contributed by atoms with E-state index in [0.717, 1.165) is 17.7 Å². The van der Waals surface area contributed by atoms with Crippen molar-refractivity contribution in [2.75, 3.05) is 19.6 Å². The van der Waals surface area contributed by atoms with E-state index >= 15 is 0 Å². The van der Waals surface area contributed by atoms with Crippen molar-refractivity contribution in [3.05, 3.63) is 89.5 Å². The first-order valence-electron chi connectivity index (χ1n) is 11.5. The fourth-order valence-corrected chi connectivity index (χ4v) is 4.26. The molecule has 0 spiro atoms. The molecule has 1 saturated heterocycles. The number of esters is 1. The zero-order valence-corrected chi connectivity index (χ0v) is 19.4. The average Bonchev–Trinajstić information content (AvgIpc) is 3.37. The summed E-state index contributed by atoms with van der Waals surface area (Å²) in [5, 5.41) is 24.4. The molecule has 3 aromatic rings. The number of β-amino-alcohol motifs (C(OH)–C–C–N with tert-alkyl or cyclic N) is 1. The van der Waals surface area contributed by atoms with Crippen molar-refractivity contribution >= 4 is 12.0 Å². The van der Waals surface area contributed by atoms with E-state index in [1.165, 1.54) is 29.5 Å². The Morgan fingerprint density at radius 1 is 1.19 bits per heavy atom. The largest absolute Gasteiger partial charge is 0.459 e. The molecule has 8 nitrogen and oxygen atoms in total. The van der Waals surface area contributed by atoms with Crippen molar-refractivity contribution in [2.24, 2.45) is 0 Å². The van der Waals surface area contributed by atoms with Crippen LogP contribution in [-0.4, -0.2) is 56.5 Å². The van der Waals surface area contributed by atoms with E-state index in [0.29, 0.717) is 31.5 Å². The third kappa shape index (κ3) is 6.38. The molecule has 0 bridgehead atoms. The number of ether oxygens (including phenoxy) is 1. The molecular formula is C26H25F2N5O3. The van der Waals surface area contributed by atoms with Crippen LogP contribution < -0.4 is 0 Å². The summed E-state index contributed by atoms with van der Waals surface area (Å²) in [4.78, 5) is 18.1. The van der Waals surface area contributed by atoms with Crippen LogP contribution in [0.4, 0.5) is 8.78 Å². The molecule has 0 amide bonds. The predicted molar refractivity (Wildman–Crippen MR) is 126 cm³/mol. The lowest BCUT2D eigenvalue weighted by molar-refractivity contribution is -0.145. The lowest BCUT2D eigenvalue weighted by Crippen LogP contribution is -2.48. The third-order valence-electron chi connectivity index (χ3n) is 6.08. The van der Waals surface area contributed by atoms with Gasteiger partial charge in [0.2, 0.25) is 0 Å². The molecule has 2 aromatic carbocycles. The highest BCUT2D eigenvalue weighted by molar-refractivity contribution is 5.87. The second kappa shape index (κ2) is 11.2. The zero-order chi connectivity index (χ0) is 25.5. The van der Waals surface area contributed by atoms with Crippen LogP contribution in [0.2, 0.25) is 0 Å². The molecule has 36 heavy (non-hydrogen) atoms. The maximum absolute atomic E-state index is 14.6. The molecule has 0 saturated carbocycles. The smallest absolute Gasteiger partial charge is 0.331 e. The highest BCUT2D eigenvalue weighted by Crippen LogP contribution is 2.29. The summed E-state index contributed by atoms with van der Waals surface area (Å²) in [6.45, 7) is 1.04. The molecular weight excluding hydrogens is 468 g/mol. The van der Waals surface area contributed by atoms with Crippen LogP contribution in [0.1, 0.15) is 29.5 Å². The molecule has 186 valence electrons. The van der Waals surface area contributed by atoms with E-state index < -0.39 is 23.2 Å². The van der Waals surface area contributed by atoms with Gasteiger partial charge in [-0.1, -0.05) is 18.2 Å². The molecule has 1 aliphatic heterocycles. The molecule has 1 atom stereocenters. The Morgan fingerprint density at radius 2 is 1.94 bits per heavy atom. The minimum Gasteiger partial charge on any atom is -0.459 e. The fourth-order valence-electron chi connectivity index (χ4n) is 4.26. The fraction of sp³-hybridized carbons (Fsp3) is 0.308. The summed E-state index contributed by atoms with van der Waals surface area (Å²) >= 11 is 0. The standard InChI is InChI=1S/C26H25F2N5O3/c27-21-6-7-23(24(28)13-21)26(35,16-33-18-30-17-31-33)15-32-11-9-22(10-12-32)36-25(34)8-5-19-1-3-20(14-29)4-2-19/h1-8,13,17-18,22,35H,9-12,15-16H2/b8-5+. The van der Waals surface area contributed by atoms with Gasteiger partial charge in [-0.15, -0.1) is 0 Å². The number of benzene rings is 2. The van der Waals surface area contributed by atoms with Crippen molar-refractivity contribution in [3.63, 3.8) is 0 Å². The van der Waals surface area contributed by atoms with Gasteiger partial charge in [-0.3, -0.25) is 4.90 Å². The van der Waals surface area contributed by atoms with Crippen molar-refractivity contribution in [3.8, 4) is 6.07 Å². The van der Waals surface area contributed by atoms with Gasteiger partial charge >= 0.3 is 5.97 Å². The van der Waals surface area contributed by atoms with E-state index in [9.17, 15) is 18.7 Å². The molecule has 1 fully saturated rings. The van der Waals surface area contributed by atoms with E-state index in [2.05, 4.69) is 10.1 Å². The van der Waals surface area contributed by atoms with Gasteiger partial charge in [0.15, 0.2) is 0 Å². The quantitative estimate of drug-likeness (QED) is 0.380. The SMILES string of the molecule is N#Cc1ccc(/C=C/C(=O)OC2CCN(CC(O)(Cn3cncn3)c3ccc(F)cc3F)CC2)cc1. The lowest BCUT2D eigenvalue weighted by Gasteiger charge is -2.38. The number of carbonyl (C=O) groups excluding carboxylic acids is 1. The van der Waals surface area contributed by atoms with Gasteiger partial charge in [0.25, 0.3) is 0 Å². The molecule has 1 N–H and O–H groups in total. The Balaban J connectivity index is 1.35. The molecule has 1 unspecified atom stereocenters. The molecule has 4 rings (SSSR count). The van der Waals surface area contributed by atoms with Crippen LogP contribution in [0.15, 0.2) is 61.2 Å². The van der Waals surface area contributed by atoms with Crippen LogP contribution >= 0.6 is 0 Å². The van der Waals surface area contributed by atoms with Gasteiger partial charge in [0.05, 0.1) is 18.2 Å². The predicted octanol–water partition coefficient (Wildman–Crippen LogP) is 3.04. The van der Waals surface area contributed by atoms with Gasteiger partial charge in [0.1, 0.15) is 36.0 Å². The van der Waals surface area contributed by atoms with E-state index in [-0.39, 0.29) is 24.8 Å². The topological polar surface area (TPSA) is 104 Å². The molecule has 1 aliphatic rings. The van der Waals surface area contributed by atoms with Crippen LogP contribution in [0.25, 0.3) is 6.08 Å². The van der Waals surface area contributed by atoms with Gasteiger partial charge in [0, 0.05) is 37.3 Å². The number of likely N-dealkylation sites (tertiary alicyclic amines) is 1. The number of carbonyl (C=O) groups is 1. The van der Waals surface area contributed by atoms with Gasteiger partial charge in [-0.2, -0.15) is 10.4 Å². The number of aliphatic hydroxyl groups is 1. The molecule has 0 aliphatic carbocycles. The summed E-state index contributed by atoms with van der Waals surface area (Å²) in [5.74, 6) is -2.03. The summed E-state index contributed by atoms with van der Waals surface area (Å²) < 4.78 is 35.1. The second-order valence-electron chi connectivity index (χ2n) is 8.73. The van der Waals surface area contributed by atoms with Crippen LogP contribution in [-0.2, 0) is 21.7 Å². The van der Waals surface area contributed by atoms with Gasteiger partial charge < -0.3 is 9.84 Å². The number of halogens is 2. The van der Waals surface area contributed by atoms with Gasteiger partial charge in [-0.25, -0.2) is 23.2 Å². The number of hydrogen-bond acceptors (Lipinski definition) is 7. The first-order chi connectivity index (χ1) is 17.3. The molecule has 10 heteroatoms. The molecule has 1 aromatic heterocycles. The Kier molecular flexibility index (Phi) is 7.83. The number of aromatic nitrogens is 3. The number of rotatable bonds is 8. The molecule has 0 radical (unpaired) electrons. The Bertz CT molecular complexity index is 1250. The van der Waals surface area contributed by atoms with Crippen molar-refractivity contribution < 1.29 is 23.4 Å². The number of piperidine rings is 1. The third-order valence-corrected chi connectivity index (χ3v) is 6.08. The molecule has 2 heterocycles. The van der Waals surface area contributed by atoms with E-state index in [4.69, 9.17) is 10.00 Å². The monoisotopic (exact) mass is 493 g/mol. The first-order valence-corrected chi connectivity index (χ1v) is 11.5. The number of hydrogen-bond donors (Lipinski definition) is 1. The van der Waals surface area contributed by atoms with Crippen molar-refractivity contribution in [2.45, 2.75) is 31.1 Å². The summed E-state index contributed by atoms with van der Waals surface area (Å²) in [6.07, 6.45) is 6.51. The number of nitriles is 1. The number of nitrogens with zero attached hydrogens (tertiary/aromatic N) is 5. The van der Waals surface area contributed by atoms with Crippen LogP contribution in [0.3, 0.4) is 0 Å². The Morgan fingerprint density at radius 3 is 2.58 bits per heavy atom. The van der Waals surface area contributed by atoms with Crippen LogP contribution in [0.5, 0.6) is 0 Å². The lowest BCUT2D eigenvalue weighted by atomic mass is 9.91.